The van der Waals surface area contributed by atoms with Crippen molar-refractivity contribution < 1.29 is 13.7 Å². The first-order valence-electron chi connectivity index (χ1n) is 9.96. The maximum Gasteiger partial charge on any atom is 0.243 e. The number of benzene rings is 1. The fraction of sp³-hybridized carbons (Fsp3) is 0.261. The van der Waals surface area contributed by atoms with Gasteiger partial charge in [-0.1, -0.05) is 36.4 Å². The molecular weight excluding hydrogens is 412 g/mol. The van der Waals surface area contributed by atoms with Crippen LogP contribution in [0.4, 0.5) is 5.69 Å². The van der Waals surface area contributed by atoms with Crippen molar-refractivity contribution in [1.29, 1.82) is 0 Å². The normalized spacial score (nSPS) is 11.6. The van der Waals surface area contributed by atoms with Crippen molar-refractivity contribution in [2.24, 2.45) is 0 Å². The highest BCUT2D eigenvalue weighted by atomic mass is 32.2. The molecule has 3 aromatic rings. The zero-order valence-electron chi connectivity index (χ0n) is 17.9. The number of likely N-dealkylation sites (N-methyl/N-ethyl adjacent to an activating group) is 1. The average Bonchev–Trinajstić information content (AvgIpc) is 2.81. The molecule has 0 saturated carbocycles. The van der Waals surface area contributed by atoms with E-state index in [4.69, 9.17) is 4.74 Å². The average molecular weight is 439 g/mol. The van der Waals surface area contributed by atoms with E-state index in [9.17, 15) is 9.00 Å². The molecule has 0 radical (unpaired) electrons. The molecule has 2 heterocycles. The van der Waals surface area contributed by atoms with E-state index in [1.165, 1.54) is 11.4 Å². The summed E-state index contributed by atoms with van der Waals surface area (Å²) in [6.45, 7) is 4.73. The second-order valence-corrected chi connectivity index (χ2v) is 8.19. The standard InChI is InChI=1S/C23H26N4O3S/c1-4-26(16-19-10-6-5-7-11-19)22(28)17-27(20-12-13-21(30-3)25-15-20)31(29)23-18(2)9-8-14-24-23/h5-15H,4,16-17H2,1-3H3. The van der Waals surface area contributed by atoms with Crippen LogP contribution in [-0.2, 0) is 22.3 Å². The Hall–Kier alpha value is -3.26. The van der Waals surface area contributed by atoms with Gasteiger partial charge < -0.3 is 9.64 Å². The summed E-state index contributed by atoms with van der Waals surface area (Å²) >= 11 is 0. The molecule has 0 spiro atoms. The number of carbonyl (C=O) groups is 1. The van der Waals surface area contributed by atoms with Crippen molar-refractivity contribution >= 4 is 22.6 Å². The molecule has 0 N–H and O–H groups in total. The molecule has 0 aliphatic rings. The van der Waals surface area contributed by atoms with E-state index >= 15 is 0 Å². The highest BCUT2D eigenvalue weighted by Gasteiger charge is 2.24. The Balaban J connectivity index is 1.88. The first-order chi connectivity index (χ1) is 15.0. The molecule has 0 saturated heterocycles. The molecule has 8 heteroatoms. The minimum atomic E-state index is -1.68. The lowest BCUT2D eigenvalue weighted by Crippen LogP contribution is -2.41. The number of rotatable bonds is 9. The number of carbonyl (C=O) groups excluding carboxylic acids is 1. The van der Waals surface area contributed by atoms with E-state index in [0.29, 0.717) is 29.7 Å². The molecule has 0 fully saturated rings. The molecule has 1 atom stereocenters. The van der Waals surface area contributed by atoms with Crippen LogP contribution in [0.2, 0.25) is 0 Å². The monoisotopic (exact) mass is 438 g/mol. The van der Waals surface area contributed by atoms with Crippen molar-refractivity contribution in [2.75, 3.05) is 24.5 Å². The molecule has 0 aliphatic carbocycles. The van der Waals surface area contributed by atoms with Gasteiger partial charge in [0.05, 0.1) is 19.0 Å². The fourth-order valence-corrected chi connectivity index (χ4v) is 4.28. The third-order valence-electron chi connectivity index (χ3n) is 4.77. The molecule has 7 nitrogen and oxygen atoms in total. The Bertz CT molecular complexity index is 1030. The van der Waals surface area contributed by atoms with Gasteiger partial charge in [0, 0.05) is 25.4 Å². The maximum absolute atomic E-state index is 13.5. The lowest BCUT2D eigenvalue weighted by atomic mass is 10.2. The summed E-state index contributed by atoms with van der Waals surface area (Å²) in [5, 5.41) is 0.414. The predicted octanol–water partition coefficient (Wildman–Crippen LogP) is 3.37. The smallest absolute Gasteiger partial charge is 0.243 e. The van der Waals surface area contributed by atoms with Gasteiger partial charge in [-0.3, -0.25) is 9.10 Å². The van der Waals surface area contributed by atoms with Gasteiger partial charge in [-0.25, -0.2) is 14.2 Å². The minimum Gasteiger partial charge on any atom is -0.481 e. The van der Waals surface area contributed by atoms with Crippen molar-refractivity contribution in [2.45, 2.75) is 25.4 Å². The first kappa shape index (κ1) is 22.4. The number of amides is 1. The molecule has 0 aliphatic heterocycles. The number of nitrogens with zero attached hydrogens (tertiary/aromatic N) is 4. The molecule has 1 aromatic carbocycles. The number of hydrogen-bond donors (Lipinski definition) is 0. The summed E-state index contributed by atoms with van der Waals surface area (Å²) in [6.07, 6.45) is 3.15. The zero-order valence-corrected chi connectivity index (χ0v) is 18.7. The summed E-state index contributed by atoms with van der Waals surface area (Å²) in [6, 6.07) is 16.9. The number of aromatic nitrogens is 2. The van der Waals surface area contributed by atoms with Crippen LogP contribution >= 0.6 is 0 Å². The van der Waals surface area contributed by atoms with Gasteiger partial charge in [-0.2, -0.15) is 0 Å². The Kier molecular flexibility index (Phi) is 7.72. The topological polar surface area (TPSA) is 75.6 Å². The van der Waals surface area contributed by atoms with Gasteiger partial charge >= 0.3 is 0 Å². The van der Waals surface area contributed by atoms with E-state index in [1.54, 1.807) is 35.5 Å². The van der Waals surface area contributed by atoms with Gasteiger partial charge in [0.15, 0.2) is 16.0 Å². The minimum absolute atomic E-state index is 0.0721. The Labute approximate surface area is 185 Å². The van der Waals surface area contributed by atoms with E-state index < -0.39 is 11.0 Å². The molecule has 0 bridgehead atoms. The summed E-state index contributed by atoms with van der Waals surface area (Å²) in [7, 11) is -0.155. The van der Waals surface area contributed by atoms with Crippen LogP contribution in [0.3, 0.4) is 0 Å². The van der Waals surface area contributed by atoms with Crippen LogP contribution in [0.25, 0.3) is 0 Å². The van der Waals surface area contributed by atoms with Crippen molar-refractivity contribution in [3.05, 3.63) is 78.1 Å². The van der Waals surface area contributed by atoms with E-state index in [2.05, 4.69) is 9.97 Å². The quantitative estimate of drug-likeness (QED) is 0.512. The lowest BCUT2D eigenvalue weighted by molar-refractivity contribution is -0.129. The van der Waals surface area contributed by atoms with Gasteiger partial charge in [-0.15, -0.1) is 0 Å². The molecule has 1 amide bonds. The molecule has 31 heavy (non-hydrogen) atoms. The summed E-state index contributed by atoms with van der Waals surface area (Å²) in [5.74, 6) is 0.304. The second-order valence-electron chi connectivity index (χ2n) is 6.86. The molecule has 162 valence electrons. The van der Waals surface area contributed by atoms with Crippen LogP contribution < -0.4 is 9.04 Å². The van der Waals surface area contributed by atoms with Crippen LogP contribution in [0, 0.1) is 6.92 Å². The van der Waals surface area contributed by atoms with Crippen LogP contribution in [0.15, 0.2) is 72.0 Å². The van der Waals surface area contributed by atoms with Crippen LogP contribution in [0.5, 0.6) is 5.88 Å². The highest BCUT2D eigenvalue weighted by Crippen LogP contribution is 2.22. The SMILES string of the molecule is CCN(Cc1ccccc1)C(=O)CN(c1ccc(OC)nc1)S(=O)c1ncccc1C. The van der Waals surface area contributed by atoms with E-state index in [-0.39, 0.29) is 12.5 Å². The molecule has 3 rings (SSSR count). The van der Waals surface area contributed by atoms with E-state index in [0.717, 1.165) is 11.1 Å². The number of ether oxygens (including phenoxy) is 1. The molecular formula is C23H26N4O3S. The van der Waals surface area contributed by atoms with E-state index in [1.807, 2.05) is 50.2 Å². The van der Waals surface area contributed by atoms with Crippen LogP contribution in [-0.4, -0.2) is 45.2 Å². The van der Waals surface area contributed by atoms with Crippen molar-refractivity contribution in [3.63, 3.8) is 0 Å². The first-order valence-corrected chi connectivity index (χ1v) is 11.1. The Morgan fingerprint density at radius 3 is 2.45 bits per heavy atom. The third kappa shape index (κ3) is 5.67. The van der Waals surface area contributed by atoms with Crippen LogP contribution in [0.1, 0.15) is 18.1 Å². The Morgan fingerprint density at radius 2 is 1.84 bits per heavy atom. The third-order valence-corrected chi connectivity index (χ3v) is 6.27. The molecule has 2 aromatic heterocycles. The summed E-state index contributed by atoms with van der Waals surface area (Å²) in [5.41, 5.74) is 2.38. The van der Waals surface area contributed by atoms with Crippen molar-refractivity contribution in [3.8, 4) is 5.88 Å². The predicted molar refractivity (Wildman–Crippen MR) is 121 cm³/mol. The largest absolute Gasteiger partial charge is 0.481 e. The lowest BCUT2D eigenvalue weighted by Gasteiger charge is -2.27. The van der Waals surface area contributed by atoms with Crippen molar-refractivity contribution in [1.82, 2.24) is 14.9 Å². The van der Waals surface area contributed by atoms with Gasteiger partial charge in [0.2, 0.25) is 11.8 Å². The van der Waals surface area contributed by atoms with Gasteiger partial charge in [-0.05, 0) is 37.1 Å². The van der Waals surface area contributed by atoms with Gasteiger partial charge in [0.1, 0.15) is 6.54 Å². The number of anilines is 1. The Morgan fingerprint density at radius 1 is 1.06 bits per heavy atom. The fourth-order valence-electron chi connectivity index (χ4n) is 3.05. The molecule has 1 unspecified atom stereocenters. The highest BCUT2D eigenvalue weighted by molar-refractivity contribution is 7.86. The number of aryl methyl sites for hydroxylation is 1. The number of hydrogen-bond acceptors (Lipinski definition) is 5. The summed E-state index contributed by atoms with van der Waals surface area (Å²) in [4.78, 5) is 23.4. The zero-order chi connectivity index (χ0) is 22.2. The maximum atomic E-state index is 13.5. The van der Waals surface area contributed by atoms with Gasteiger partial charge in [0.25, 0.3) is 0 Å². The number of pyridine rings is 2. The second kappa shape index (κ2) is 10.7. The number of methoxy groups -OCH3 is 1. The summed E-state index contributed by atoms with van der Waals surface area (Å²) < 4.78 is 20.1.